The van der Waals surface area contributed by atoms with Gasteiger partial charge >= 0.3 is 6.03 Å². The highest BCUT2D eigenvalue weighted by Gasteiger charge is 2.17. The molecule has 9 heteroatoms. The van der Waals surface area contributed by atoms with Crippen LogP contribution in [0.2, 0.25) is 0 Å². The van der Waals surface area contributed by atoms with Crippen molar-refractivity contribution in [3.05, 3.63) is 59.6 Å². The lowest BCUT2D eigenvalue weighted by Gasteiger charge is -2.19. The second kappa shape index (κ2) is 8.20. The highest BCUT2D eigenvalue weighted by atomic mass is 19.1. The Morgan fingerprint density at radius 2 is 2.14 bits per heavy atom. The maximum absolute atomic E-state index is 13.4. The van der Waals surface area contributed by atoms with Crippen LogP contribution < -0.4 is 5.32 Å². The highest BCUT2D eigenvalue weighted by molar-refractivity contribution is 5.88. The number of carbonyl (C=O) groups excluding carboxylic acids is 1. The molecule has 0 saturated carbocycles. The van der Waals surface area contributed by atoms with Crippen LogP contribution >= 0.6 is 0 Å². The number of hydrogen-bond acceptors (Lipinski definition) is 4. The summed E-state index contributed by atoms with van der Waals surface area (Å²) in [6, 6.07) is 6.23. The van der Waals surface area contributed by atoms with Crippen molar-refractivity contribution in [1.82, 2.24) is 29.4 Å². The lowest BCUT2D eigenvalue weighted by Crippen LogP contribution is -2.33. The molecule has 0 fully saturated rings. The van der Waals surface area contributed by atoms with Crippen molar-refractivity contribution >= 4 is 11.8 Å². The topological polar surface area (TPSA) is 80.9 Å². The van der Waals surface area contributed by atoms with Gasteiger partial charge in [0.15, 0.2) is 5.82 Å². The number of aromatic nitrogens is 5. The summed E-state index contributed by atoms with van der Waals surface area (Å²) in [5.41, 5.74) is 1.58. The molecular weight excluding hydrogens is 361 g/mol. The van der Waals surface area contributed by atoms with Crippen molar-refractivity contribution < 1.29 is 9.18 Å². The molecule has 0 bridgehead atoms. The summed E-state index contributed by atoms with van der Waals surface area (Å²) in [6.45, 7) is 6.59. The first-order valence-electron chi connectivity index (χ1n) is 9.02. The number of halogens is 1. The average molecular weight is 385 g/mol. The van der Waals surface area contributed by atoms with E-state index in [-0.39, 0.29) is 17.9 Å². The lowest BCUT2D eigenvalue weighted by atomic mass is 10.2. The summed E-state index contributed by atoms with van der Waals surface area (Å²) >= 11 is 0. The molecule has 0 aliphatic rings. The third-order valence-corrected chi connectivity index (χ3v) is 4.40. The number of anilines is 1. The van der Waals surface area contributed by atoms with Crippen LogP contribution in [0.4, 0.5) is 15.0 Å². The van der Waals surface area contributed by atoms with Crippen LogP contribution in [0.25, 0.3) is 0 Å². The molecule has 3 rings (SSSR count). The number of benzene rings is 1. The van der Waals surface area contributed by atoms with Crippen LogP contribution in [0.3, 0.4) is 0 Å². The zero-order valence-electron chi connectivity index (χ0n) is 16.4. The predicted molar refractivity (Wildman–Crippen MR) is 103 cm³/mol. The molecule has 0 aliphatic heterocycles. The van der Waals surface area contributed by atoms with Gasteiger partial charge in [-0.2, -0.15) is 5.10 Å². The SMILES string of the molecule is Cc1cnn(Cc2cccc(F)c2)c1NC(=O)N(C)Cc1nncn1C(C)C. The van der Waals surface area contributed by atoms with E-state index in [1.807, 2.05) is 31.4 Å². The van der Waals surface area contributed by atoms with E-state index in [1.165, 1.54) is 17.0 Å². The molecule has 0 unspecified atom stereocenters. The zero-order chi connectivity index (χ0) is 20.3. The number of amides is 2. The van der Waals surface area contributed by atoms with Gasteiger partial charge in [0.25, 0.3) is 0 Å². The molecule has 0 saturated heterocycles. The van der Waals surface area contributed by atoms with Gasteiger partial charge in [-0.1, -0.05) is 12.1 Å². The molecule has 2 heterocycles. The fourth-order valence-corrected chi connectivity index (χ4v) is 2.86. The number of aryl methyl sites for hydroxylation is 1. The fraction of sp³-hybridized carbons (Fsp3) is 0.368. The maximum atomic E-state index is 13.4. The molecule has 3 aromatic rings. The normalized spacial score (nSPS) is 11.1. The Hall–Kier alpha value is -3.23. The van der Waals surface area contributed by atoms with E-state index in [4.69, 9.17) is 0 Å². The number of carbonyl (C=O) groups is 1. The summed E-state index contributed by atoms with van der Waals surface area (Å²) in [4.78, 5) is 14.2. The standard InChI is InChI=1S/C19H24FN7O/c1-13(2)26-12-21-24-17(26)11-25(4)19(28)23-18-14(3)9-22-27(18)10-15-6-5-7-16(20)8-15/h5-9,12-13H,10-11H2,1-4H3,(H,23,28). The van der Waals surface area contributed by atoms with Gasteiger partial charge in [-0.05, 0) is 38.5 Å². The van der Waals surface area contributed by atoms with Gasteiger partial charge in [-0.15, -0.1) is 10.2 Å². The van der Waals surface area contributed by atoms with Gasteiger partial charge in [0.05, 0.1) is 19.3 Å². The van der Waals surface area contributed by atoms with E-state index in [1.54, 1.807) is 30.3 Å². The van der Waals surface area contributed by atoms with E-state index in [9.17, 15) is 9.18 Å². The second-order valence-electron chi connectivity index (χ2n) is 7.00. The Kier molecular flexibility index (Phi) is 5.72. The van der Waals surface area contributed by atoms with Gasteiger partial charge in [0.1, 0.15) is 18.0 Å². The smallest absolute Gasteiger partial charge is 0.320 e. The summed E-state index contributed by atoms with van der Waals surface area (Å²) in [5, 5.41) is 15.2. The quantitative estimate of drug-likeness (QED) is 0.706. The first kappa shape index (κ1) is 19.5. The molecule has 0 radical (unpaired) electrons. The van der Waals surface area contributed by atoms with Crippen molar-refractivity contribution in [2.75, 3.05) is 12.4 Å². The van der Waals surface area contributed by atoms with Crippen LogP contribution in [0.1, 0.15) is 36.8 Å². The van der Waals surface area contributed by atoms with E-state index < -0.39 is 0 Å². The fourth-order valence-electron chi connectivity index (χ4n) is 2.86. The van der Waals surface area contributed by atoms with E-state index >= 15 is 0 Å². The zero-order valence-corrected chi connectivity index (χ0v) is 16.4. The Bertz CT molecular complexity index is 963. The maximum Gasteiger partial charge on any atom is 0.323 e. The average Bonchev–Trinajstić information content (AvgIpc) is 3.23. The molecule has 28 heavy (non-hydrogen) atoms. The minimum absolute atomic E-state index is 0.205. The van der Waals surface area contributed by atoms with E-state index in [0.29, 0.717) is 24.7 Å². The van der Waals surface area contributed by atoms with Gasteiger partial charge in [0, 0.05) is 18.7 Å². The Labute approximate surface area is 163 Å². The third-order valence-electron chi connectivity index (χ3n) is 4.40. The summed E-state index contributed by atoms with van der Waals surface area (Å²) in [6.07, 6.45) is 3.33. The number of urea groups is 1. The number of nitrogens with zero attached hydrogens (tertiary/aromatic N) is 6. The summed E-state index contributed by atoms with van der Waals surface area (Å²) < 4.78 is 17.0. The molecule has 0 atom stereocenters. The minimum Gasteiger partial charge on any atom is -0.320 e. The molecular formula is C19H24FN7O. The third kappa shape index (κ3) is 4.36. The van der Waals surface area contributed by atoms with Crippen molar-refractivity contribution in [3.63, 3.8) is 0 Å². The predicted octanol–water partition coefficient (Wildman–Crippen LogP) is 3.22. The summed E-state index contributed by atoms with van der Waals surface area (Å²) in [5.74, 6) is 0.977. The lowest BCUT2D eigenvalue weighted by molar-refractivity contribution is 0.218. The molecule has 0 aliphatic carbocycles. The van der Waals surface area contributed by atoms with Crippen LogP contribution in [0, 0.1) is 12.7 Å². The molecule has 2 amide bonds. The van der Waals surface area contributed by atoms with Gasteiger partial charge in [-0.25, -0.2) is 13.9 Å². The molecule has 2 aromatic heterocycles. The van der Waals surface area contributed by atoms with Gasteiger partial charge < -0.3 is 9.47 Å². The van der Waals surface area contributed by atoms with Gasteiger partial charge in [-0.3, -0.25) is 5.32 Å². The van der Waals surface area contributed by atoms with Crippen molar-refractivity contribution in [2.24, 2.45) is 0 Å². The molecule has 8 nitrogen and oxygen atoms in total. The Morgan fingerprint density at radius 1 is 1.36 bits per heavy atom. The number of nitrogens with one attached hydrogen (secondary N) is 1. The van der Waals surface area contributed by atoms with Crippen molar-refractivity contribution in [1.29, 1.82) is 0 Å². The van der Waals surface area contributed by atoms with Gasteiger partial charge in [0.2, 0.25) is 0 Å². The van der Waals surface area contributed by atoms with E-state index in [0.717, 1.165) is 11.1 Å². The Morgan fingerprint density at radius 3 is 2.86 bits per heavy atom. The highest BCUT2D eigenvalue weighted by Crippen LogP contribution is 2.17. The van der Waals surface area contributed by atoms with Crippen molar-refractivity contribution in [2.45, 2.75) is 39.9 Å². The van der Waals surface area contributed by atoms with Crippen molar-refractivity contribution in [3.8, 4) is 0 Å². The number of hydrogen-bond donors (Lipinski definition) is 1. The monoisotopic (exact) mass is 385 g/mol. The molecule has 148 valence electrons. The minimum atomic E-state index is -0.305. The second-order valence-corrected chi connectivity index (χ2v) is 7.00. The van der Waals surface area contributed by atoms with E-state index in [2.05, 4.69) is 20.6 Å². The first-order valence-corrected chi connectivity index (χ1v) is 9.02. The largest absolute Gasteiger partial charge is 0.323 e. The van der Waals surface area contributed by atoms with Crippen LogP contribution in [0.15, 0.2) is 36.8 Å². The first-order chi connectivity index (χ1) is 13.3. The number of rotatable bonds is 6. The molecule has 1 N–H and O–H groups in total. The van der Waals surface area contributed by atoms with Crippen LogP contribution in [-0.2, 0) is 13.1 Å². The molecule has 1 aromatic carbocycles. The van der Waals surface area contributed by atoms with Crippen LogP contribution in [-0.4, -0.2) is 42.5 Å². The molecule has 0 spiro atoms. The summed E-state index contributed by atoms with van der Waals surface area (Å²) in [7, 11) is 1.69. The van der Waals surface area contributed by atoms with Crippen LogP contribution in [0.5, 0.6) is 0 Å². The Balaban J connectivity index is 1.71.